The summed E-state index contributed by atoms with van der Waals surface area (Å²) in [4.78, 5) is 0. The van der Waals surface area contributed by atoms with Crippen molar-refractivity contribution in [1.29, 1.82) is 0 Å². The fourth-order valence-corrected chi connectivity index (χ4v) is 1.73. The molecule has 2 N–H and O–H groups in total. The highest BCUT2D eigenvalue weighted by Crippen LogP contribution is 2.16. The molecule has 0 radical (unpaired) electrons. The van der Waals surface area contributed by atoms with Gasteiger partial charge >= 0.3 is 0 Å². The van der Waals surface area contributed by atoms with Crippen molar-refractivity contribution in [2.75, 3.05) is 0 Å². The van der Waals surface area contributed by atoms with E-state index in [1.54, 1.807) is 12.3 Å². The van der Waals surface area contributed by atoms with E-state index in [4.69, 9.17) is 5.73 Å². The second kappa shape index (κ2) is 2.75. The number of aromatic nitrogens is 1. The van der Waals surface area contributed by atoms with Crippen molar-refractivity contribution in [3.05, 3.63) is 34.8 Å². The van der Waals surface area contributed by atoms with Crippen LogP contribution in [-0.2, 0) is 12.8 Å². The molecule has 1 atom stereocenters. The van der Waals surface area contributed by atoms with Crippen LogP contribution in [0.4, 0.5) is 0 Å². The highest BCUT2D eigenvalue weighted by atomic mass is 16.5. The van der Waals surface area contributed by atoms with Crippen LogP contribution in [-0.4, -0.2) is 6.04 Å². The first-order chi connectivity index (χ1) is 5.77. The topological polar surface area (TPSA) is 53.0 Å². The Morgan fingerprint density at radius 3 is 3.25 bits per heavy atom. The Morgan fingerprint density at radius 1 is 1.58 bits per heavy atom. The molecule has 3 heteroatoms. The molecule has 1 aliphatic carbocycles. The SMILES string of the molecule is NC1CCc2c(ccc[n+]2[O-])C1. The molecule has 0 fully saturated rings. The molecular weight excluding hydrogens is 152 g/mol. The summed E-state index contributed by atoms with van der Waals surface area (Å²) in [7, 11) is 0. The molecule has 1 aliphatic rings. The molecule has 3 nitrogen and oxygen atoms in total. The molecule has 0 bridgehead atoms. The highest BCUT2D eigenvalue weighted by molar-refractivity contribution is 5.20. The van der Waals surface area contributed by atoms with Crippen molar-refractivity contribution >= 4 is 0 Å². The van der Waals surface area contributed by atoms with Gasteiger partial charge in [-0.2, -0.15) is 4.73 Å². The summed E-state index contributed by atoms with van der Waals surface area (Å²) in [5.74, 6) is 0. The lowest BCUT2D eigenvalue weighted by Gasteiger charge is -2.19. The second-order valence-corrected chi connectivity index (χ2v) is 3.31. The minimum atomic E-state index is 0.236. The lowest BCUT2D eigenvalue weighted by molar-refractivity contribution is -0.614. The zero-order chi connectivity index (χ0) is 8.55. The second-order valence-electron chi connectivity index (χ2n) is 3.31. The molecule has 0 aromatic carbocycles. The third-order valence-corrected chi connectivity index (χ3v) is 2.39. The van der Waals surface area contributed by atoms with Crippen molar-refractivity contribution in [3.8, 4) is 0 Å². The molecule has 0 spiro atoms. The Balaban J connectivity index is 2.42. The van der Waals surface area contributed by atoms with Crippen LogP contribution in [0.15, 0.2) is 18.3 Å². The van der Waals surface area contributed by atoms with Crippen LogP contribution >= 0.6 is 0 Å². The third kappa shape index (κ3) is 1.16. The number of pyridine rings is 1. The minimum Gasteiger partial charge on any atom is -0.618 e. The summed E-state index contributed by atoms with van der Waals surface area (Å²) >= 11 is 0. The van der Waals surface area contributed by atoms with E-state index in [1.807, 2.05) is 6.07 Å². The average molecular weight is 164 g/mol. The zero-order valence-electron chi connectivity index (χ0n) is 6.86. The van der Waals surface area contributed by atoms with Crippen molar-refractivity contribution < 1.29 is 4.73 Å². The molecule has 1 unspecified atom stereocenters. The summed E-state index contributed by atoms with van der Waals surface area (Å²) in [6.45, 7) is 0. The van der Waals surface area contributed by atoms with Crippen molar-refractivity contribution in [3.63, 3.8) is 0 Å². The fourth-order valence-electron chi connectivity index (χ4n) is 1.73. The number of fused-ring (bicyclic) bond motifs is 1. The van der Waals surface area contributed by atoms with Gasteiger partial charge in [-0.3, -0.25) is 0 Å². The van der Waals surface area contributed by atoms with Gasteiger partial charge in [0.15, 0.2) is 11.9 Å². The normalized spacial score (nSPS) is 21.9. The van der Waals surface area contributed by atoms with Crippen molar-refractivity contribution in [1.82, 2.24) is 0 Å². The minimum absolute atomic E-state index is 0.236. The molecular formula is C9H12N2O. The van der Waals surface area contributed by atoms with Gasteiger partial charge in [-0.25, -0.2) is 0 Å². The highest BCUT2D eigenvalue weighted by Gasteiger charge is 2.20. The van der Waals surface area contributed by atoms with E-state index in [2.05, 4.69) is 0 Å². The first-order valence-electron chi connectivity index (χ1n) is 4.23. The summed E-state index contributed by atoms with van der Waals surface area (Å²) in [5.41, 5.74) is 7.81. The van der Waals surface area contributed by atoms with Gasteiger partial charge in [0.2, 0.25) is 0 Å². The Labute approximate surface area is 71.4 Å². The predicted molar refractivity (Wildman–Crippen MR) is 45.4 cm³/mol. The monoisotopic (exact) mass is 164 g/mol. The maximum absolute atomic E-state index is 11.2. The van der Waals surface area contributed by atoms with Crippen LogP contribution in [0.1, 0.15) is 17.7 Å². The lowest BCUT2D eigenvalue weighted by Crippen LogP contribution is -2.38. The van der Waals surface area contributed by atoms with E-state index in [0.717, 1.165) is 35.3 Å². The number of nitrogens with two attached hydrogens (primary N) is 1. The fraction of sp³-hybridized carbons (Fsp3) is 0.444. The van der Waals surface area contributed by atoms with E-state index >= 15 is 0 Å². The van der Waals surface area contributed by atoms with E-state index in [9.17, 15) is 5.21 Å². The third-order valence-electron chi connectivity index (χ3n) is 2.39. The molecule has 1 aromatic heterocycles. The molecule has 0 saturated carbocycles. The van der Waals surface area contributed by atoms with Gasteiger partial charge in [-0.15, -0.1) is 0 Å². The van der Waals surface area contributed by atoms with E-state index < -0.39 is 0 Å². The summed E-state index contributed by atoms with van der Waals surface area (Å²) in [5, 5.41) is 11.2. The number of nitrogens with zero attached hydrogens (tertiary/aromatic N) is 1. The summed E-state index contributed by atoms with van der Waals surface area (Å²) in [6.07, 6.45) is 4.15. The van der Waals surface area contributed by atoms with Gasteiger partial charge in [0.25, 0.3) is 0 Å². The van der Waals surface area contributed by atoms with Gasteiger partial charge in [0.05, 0.1) is 0 Å². The molecule has 2 rings (SSSR count). The number of rotatable bonds is 0. The van der Waals surface area contributed by atoms with Crippen molar-refractivity contribution in [2.45, 2.75) is 25.3 Å². The molecule has 0 aliphatic heterocycles. The van der Waals surface area contributed by atoms with Gasteiger partial charge in [0.1, 0.15) is 0 Å². The first-order valence-corrected chi connectivity index (χ1v) is 4.23. The first kappa shape index (κ1) is 7.55. The maximum atomic E-state index is 11.2. The van der Waals surface area contributed by atoms with Crippen molar-refractivity contribution in [2.24, 2.45) is 5.73 Å². The molecule has 0 saturated heterocycles. The molecule has 1 aromatic rings. The van der Waals surface area contributed by atoms with Crippen LogP contribution in [0.2, 0.25) is 0 Å². The van der Waals surface area contributed by atoms with Crippen LogP contribution in [0, 0.1) is 5.21 Å². The van der Waals surface area contributed by atoms with Gasteiger partial charge in [-0.05, 0) is 18.9 Å². The number of hydrogen-bond donors (Lipinski definition) is 1. The number of hydrogen-bond acceptors (Lipinski definition) is 2. The van der Waals surface area contributed by atoms with Crippen LogP contribution < -0.4 is 10.5 Å². The predicted octanol–water partition coefficient (Wildman–Crippen LogP) is 0.136. The van der Waals surface area contributed by atoms with E-state index in [-0.39, 0.29) is 6.04 Å². The Bertz CT molecular complexity index is 299. The Hall–Kier alpha value is -1.09. The summed E-state index contributed by atoms with van der Waals surface area (Å²) in [6, 6.07) is 4.01. The molecule has 64 valence electrons. The van der Waals surface area contributed by atoms with Crippen LogP contribution in [0.25, 0.3) is 0 Å². The van der Waals surface area contributed by atoms with Gasteiger partial charge in [0, 0.05) is 24.1 Å². The molecule has 12 heavy (non-hydrogen) atoms. The van der Waals surface area contributed by atoms with Gasteiger partial charge < -0.3 is 10.9 Å². The Kier molecular flexibility index (Phi) is 1.73. The van der Waals surface area contributed by atoms with E-state index in [1.165, 1.54) is 0 Å². The van der Waals surface area contributed by atoms with E-state index in [0.29, 0.717) is 0 Å². The largest absolute Gasteiger partial charge is 0.618 e. The quantitative estimate of drug-likeness (QED) is 0.438. The molecule has 0 amide bonds. The van der Waals surface area contributed by atoms with Crippen LogP contribution in [0.5, 0.6) is 0 Å². The van der Waals surface area contributed by atoms with Gasteiger partial charge in [-0.1, -0.05) is 0 Å². The van der Waals surface area contributed by atoms with Crippen LogP contribution in [0.3, 0.4) is 0 Å². The average Bonchev–Trinajstić information content (AvgIpc) is 2.04. The summed E-state index contributed by atoms with van der Waals surface area (Å²) < 4.78 is 0.960. The maximum Gasteiger partial charge on any atom is 0.196 e. The Morgan fingerprint density at radius 2 is 2.42 bits per heavy atom. The molecule has 1 heterocycles. The smallest absolute Gasteiger partial charge is 0.196 e. The zero-order valence-corrected chi connectivity index (χ0v) is 6.86. The lowest BCUT2D eigenvalue weighted by atomic mass is 9.92. The standard InChI is InChI=1S/C9H12N2O/c10-8-3-4-9-7(6-8)2-1-5-11(9)12/h1-2,5,8H,3-4,6,10H2.